The van der Waals surface area contributed by atoms with E-state index >= 15 is 0 Å². The topological polar surface area (TPSA) is 73.6 Å². The van der Waals surface area contributed by atoms with Crippen molar-refractivity contribution in [3.05, 3.63) is 29.3 Å². The number of fused-ring (bicyclic) bond motifs is 5. The second kappa shape index (κ2) is 6.53. The Kier molecular flexibility index (Phi) is 4.53. The van der Waals surface area contributed by atoms with Gasteiger partial charge in [0.25, 0.3) is 0 Å². The van der Waals surface area contributed by atoms with Crippen LogP contribution in [0.5, 0.6) is 0 Å². The Labute approximate surface area is 172 Å². The molecule has 3 heterocycles. The number of benzene rings is 1. The van der Waals surface area contributed by atoms with Crippen LogP contribution in [0.1, 0.15) is 38.3 Å². The van der Waals surface area contributed by atoms with Crippen molar-refractivity contribution in [3.8, 4) is 6.07 Å². The number of hydrogen-bond acceptors (Lipinski definition) is 5. The quantitative estimate of drug-likeness (QED) is 0.702. The number of hydrogen-bond donors (Lipinski definition) is 0. The van der Waals surface area contributed by atoms with Gasteiger partial charge in [0.2, 0.25) is 11.8 Å². The van der Waals surface area contributed by atoms with Crippen LogP contribution in [-0.4, -0.2) is 47.6 Å². The smallest absolute Gasteiger partial charge is 0.365 e. The van der Waals surface area contributed by atoms with Gasteiger partial charge in [-0.1, -0.05) is 6.92 Å². The molecule has 0 radical (unpaired) electrons. The van der Waals surface area contributed by atoms with Crippen LogP contribution in [0.15, 0.2) is 18.2 Å². The minimum Gasteiger partial charge on any atom is -0.365 e. The van der Waals surface area contributed by atoms with E-state index in [1.165, 1.54) is 12.1 Å². The maximum absolute atomic E-state index is 13.4. The third-order valence-corrected chi connectivity index (χ3v) is 6.39. The van der Waals surface area contributed by atoms with Crippen LogP contribution in [0.25, 0.3) is 0 Å². The first-order chi connectivity index (χ1) is 13.9. The minimum atomic E-state index is -4.78. The summed E-state index contributed by atoms with van der Waals surface area (Å²) in [5.74, 6) is -2.62. The van der Waals surface area contributed by atoms with Gasteiger partial charge in [0, 0.05) is 13.1 Å². The van der Waals surface area contributed by atoms with E-state index in [1.807, 2.05) is 6.92 Å². The molecule has 0 saturated carbocycles. The van der Waals surface area contributed by atoms with E-state index in [0.717, 1.165) is 23.9 Å². The summed E-state index contributed by atoms with van der Waals surface area (Å²) in [5, 5.41) is 9.00. The second-order valence-corrected chi connectivity index (χ2v) is 8.74. The summed E-state index contributed by atoms with van der Waals surface area (Å²) in [4.78, 5) is 29.7. The average Bonchev–Trinajstić information content (AvgIpc) is 3.01. The molecule has 0 unspecified atom stereocenters. The van der Waals surface area contributed by atoms with Gasteiger partial charge in [-0.3, -0.25) is 14.5 Å². The summed E-state index contributed by atoms with van der Waals surface area (Å²) in [7, 11) is 0. The Hall–Kier alpha value is -2.44. The Morgan fingerprint density at radius 3 is 2.20 bits per heavy atom. The number of amides is 2. The maximum atomic E-state index is 13.4. The summed E-state index contributed by atoms with van der Waals surface area (Å²) in [6.45, 7) is 7.41. The van der Waals surface area contributed by atoms with Gasteiger partial charge < -0.3 is 4.74 Å². The van der Waals surface area contributed by atoms with Crippen LogP contribution < -0.4 is 4.90 Å². The molecule has 30 heavy (non-hydrogen) atoms. The summed E-state index contributed by atoms with van der Waals surface area (Å²) in [5.41, 5.74) is -3.67. The highest BCUT2D eigenvalue weighted by Crippen LogP contribution is 2.55. The number of halogens is 3. The second-order valence-electron chi connectivity index (χ2n) is 8.74. The van der Waals surface area contributed by atoms with Gasteiger partial charge in [0.15, 0.2) is 0 Å². The molecule has 160 valence electrons. The van der Waals surface area contributed by atoms with Gasteiger partial charge in [-0.25, -0.2) is 4.90 Å². The molecule has 0 aliphatic carbocycles. The van der Waals surface area contributed by atoms with Crippen LogP contribution in [0.3, 0.4) is 0 Å². The van der Waals surface area contributed by atoms with Crippen LogP contribution in [0.4, 0.5) is 18.9 Å². The fourth-order valence-corrected chi connectivity index (χ4v) is 5.50. The largest absolute Gasteiger partial charge is 0.417 e. The van der Waals surface area contributed by atoms with Gasteiger partial charge >= 0.3 is 6.18 Å². The number of nitriles is 1. The zero-order chi connectivity index (χ0) is 22.1. The van der Waals surface area contributed by atoms with Crippen molar-refractivity contribution in [2.45, 2.75) is 44.6 Å². The number of nitrogens with zero attached hydrogens (tertiary/aromatic N) is 3. The van der Waals surface area contributed by atoms with Crippen molar-refractivity contribution >= 4 is 17.5 Å². The lowest BCUT2D eigenvalue weighted by Crippen LogP contribution is -2.58. The van der Waals surface area contributed by atoms with Crippen molar-refractivity contribution in [2.75, 3.05) is 24.5 Å². The van der Waals surface area contributed by atoms with E-state index in [2.05, 4.69) is 4.90 Å². The molecule has 0 N–H and O–H groups in total. The third kappa shape index (κ3) is 2.85. The van der Waals surface area contributed by atoms with Crippen LogP contribution in [0.2, 0.25) is 0 Å². The predicted octanol–water partition coefficient (Wildman–Crippen LogP) is 2.96. The Balaban J connectivity index is 1.76. The number of morpholine rings is 1. The monoisotopic (exact) mass is 421 g/mol. The molecule has 9 heteroatoms. The van der Waals surface area contributed by atoms with Crippen molar-refractivity contribution in [2.24, 2.45) is 11.8 Å². The summed E-state index contributed by atoms with van der Waals surface area (Å²) < 4.78 is 46.4. The standard InChI is InChI=1S/C21H22F3N3O3/c1-4-7-26-10-19(2)15-16(20(3,11-26)30-19)18(29)27(17(15)28)13-6-5-12(9-25)14(8-13)21(22,23)24/h5-6,8,15-16H,4,7,10-11H2,1-3H3/t15-,16+,19-,20+. The lowest BCUT2D eigenvalue weighted by Gasteiger charge is -2.45. The van der Waals surface area contributed by atoms with E-state index in [-0.39, 0.29) is 5.69 Å². The van der Waals surface area contributed by atoms with Crippen LogP contribution in [-0.2, 0) is 20.5 Å². The maximum Gasteiger partial charge on any atom is 0.417 e. The first-order valence-electron chi connectivity index (χ1n) is 9.87. The highest BCUT2D eigenvalue weighted by Gasteiger charge is 2.71. The normalized spacial score (nSPS) is 33.7. The fourth-order valence-electron chi connectivity index (χ4n) is 5.50. The molecule has 2 bridgehead atoms. The number of alkyl halides is 3. The van der Waals surface area contributed by atoms with Crippen molar-refractivity contribution in [3.63, 3.8) is 0 Å². The summed E-state index contributed by atoms with van der Waals surface area (Å²) >= 11 is 0. The number of imide groups is 1. The van der Waals surface area contributed by atoms with E-state index < -0.39 is 52.2 Å². The highest BCUT2D eigenvalue weighted by atomic mass is 19.4. The molecule has 3 aliphatic rings. The molecule has 0 aromatic heterocycles. The average molecular weight is 421 g/mol. The van der Waals surface area contributed by atoms with Crippen molar-refractivity contribution in [1.29, 1.82) is 5.26 Å². The van der Waals surface area contributed by atoms with Gasteiger partial charge in [0.1, 0.15) is 0 Å². The van der Waals surface area contributed by atoms with E-state index in [1.54, 1.807) is 13.8 Å². The number of likely N-dealkylation sites (tertiary alicyclic amines) is 1. The Morgan fingerprint density at radius 2 is 1.73 bits per heavy atom. The highest BCUT2D eigenvalue weighted by molar-refractivity contribution is 6.23. The molecule has 1 aromatic rings. The SMILES string of the molecule is CCCN1C[C@@]2(C)O[C@@](C)(C1)[C@@H]1C(=O)N(c3ccc(C#N)c(C(F)(F)F)c3)C(=O)[C@@H]12. The molecule has 0 spiro atoms. The number of ether oxygens (including phenoxy) is 1. The summed E-state index contributed by atoms with van der Waals surface area (Å²) in [6.07, 6.45) is -3.86. The molecule has 3 fully saturated rings. The third-order valence-electron chi connectivity index (χ3n) is 6.39. The van der Waals surface area contributed by atoms with E-state index in [0.29, 0.717) is 19.2 Å². The minimum absolute atomic E-state index is 0.165. The number of carbonyl (C=O) groups excluding carboxylic acids is 2. The van der Waals surface area contributed by atoms with Gasteiger partial charge in [-0.2, -0.15) is 18.4 Å². The van der Waals surface area contributed by atoms with Crippen LogP contribution in [0, 0.1) is 23.2 Å². The van der Waals surface area contributed by atoms with Crippen molar-refractivity contribution in [1.82, 2.24) is 4.90 Å². The Bertz CT molecular complexity index is 936. The Morgan fingerprint density at radius 1 is 1.17 bits per heavy atom. The zero-order valence-electron chi connectivity index (χ0n) is 16.9. The van der Waals surface area contributed by atoms with Gasteiger partial charge in [-0.15, -0.1) is 0 Å². The molecule has 4 rings (SSSR count). The lowest BCUT2D eigenvalue weighted by molar-refractivity contribution is -0.169. The molecule has 2 amide bonds. The zero-order valence-corrected chi connectivity index (χ0v) is 16.9. The molecule has 3 aliphatic heterocycles. The number of carbonyl (C=O) groups is 2. The van der Waals surface area contributed by atoms with Gasteiger partial charge in [0.05, 0.1) is 45.9 Å². The lowest BCUT2D eigenvalue weighted by atomic mass is 9.79. The first-order valence-corrected chi connectivity index (χ1v) is 9.87. The fraction of sp³-hybridized carbons (Fsp3) is 0.571. The molecule has 3 saturated heterocycles. The van der Waals surface area contributed by atoms with Crippen LogP contribution >= 0.6 is 0 Å². The predicted molar refractivity (Wildman–Crippen MR) is 100 cm³/mol. The van der Waals surface area contributed by atoms with Gasteiger partial charge in [-0.05, 0) is 45.0 Å². The first kappa shape index (κ1) is 20.8. The number of rotatable bonds is 3. The van der Waals surface area contributed by atoms with Crippen molar-refractivity contribution < 1.29 is 27.5 Å². The molecule has 4 atom stereocenters. The molecular formula is C21H22F3N3O3. The van der Waals surface area contributed by atoms with E-state index in [9.17, 15) is 22.8 Å². The number of anilines is 1. The molecule has 1 aromatic carbocycles. The summed E-state index contributed by atoms with van der Waals surface area (Å²) in [6, 6.07) is 4.43. The molecule has 6 nitrogen and oxygen atoms in total. The molecular weight excluding hydrogens is 399 g/mol. The van der Waals surface area contributed by atoms with E-state index in [4.69, 9.17) is 10.00 Å².